The quantitative estimate of drug-likeness (QED) is 0.750. The molecule has 0 N–H and O–H groups in total. The van der Waals surface area contributed by atoms with E-state index in [4.69, 9.17) is 0 Å². The first kappa shape index (κ1) is 12.7. The third-order valence-electron chi connectivity index (χ3n) is 2.38. The van der Waals surface area contributed by atoms with Crippen molar-refractivity contribution in [1.29, 1.82) is 0 Å². The van der Waals surface area contributed by atoms with E-state index in [1.165, 1.54) is 0 Å². The third kappa shape index (κ3) is 2.25. The van der Waals surface area contributed by atoms with Gasteiger partial charge in [-0.1, -0.05) is 22.9 Å². The normalized spacial score (nSPS) is 35.2. The van der Waals surface area contributed by atoms with Crippen LogP contribution >= 0.6 is 27.7 Å². The van der Waals surface area contributed by atoms with Gasteiger partial charge in [-0.05, 0) is 25.5 Å². The van der Waals surface area contributed by atoms with Crippen molar-refractivity contribution in [3.63, 3.8) is 0 Å². The lowest BCUT2D eigenvalue weighted by molar-refractivity contribution is -0.118. The number of carbonyl (C=O) groups excluding carboxylic acids is 1. The molecule has 0 bridgehead atoms. The minimum Gasteiger partial charge on any atom is -0.296 e. The summed E-state index contributed by atoms with van der Waals surface area (Å²) in [5, 5.41) is 0. The molecule has 1 aliphatic heterocycles. The molecule has 3 atom stereocenters. The molecule has 1 unspecified atom stereocenters. The van der Waals surface area contributed by atoms with Crippen LogP contribution in [0.1, 0.15) is 26.7 Å². The summed E-state index contributed by atoms with van der Waals surface area (Å²) < 4.78 is 11.3. The zero-order valence-corrected chi connectivity index (χ0v) is 11.6. The molecule has 0 amide bonds. The molecule has 0 aliphatic carbocycles. The summed E-state index contributed by atoms with van der Waals surface area (Å²) in [6.07, 6.45) is 1.63. The number of thioether (sulfide) groups is 1. The minimum atomic E-state index is -1.00. The van der Waals surface area contributed by atoms with E-state index >= 15 is 0 Å². The Morgan fingerprint density at radius 2 is 2.36 bits per heavy atom. The molecule has 0 saturated carbocycles. The Bertz CT molecular complexity index is 255. The van der Waals surface area contributed by atoms with Gasteiger partial charge in [-0.3, -0.25) is 9.00 Å². The molecule has 5 heteroatoms. The maximum absolute atomic E-state index is 12.0. The highest BCUT2D eigenvalue weighted by Gasteiger charge is 2.46. The molecule has 1 rings (SSSR count). The van der Waals surface area contributed by atoms with Crippen LogP contribution in [0.4, 0.5) is 0 Å². The first-order chi connectivity index (χ1) is 6.54. The van der Waals surface area contributed by atoms with Gasteiger partial charge in [0, 0.05) is 16.6 Å². The van der Waals surface area contributed by atoms with Crippen LogP contribution in [0.5, 0.6) is 0 Å². The van der Waals surface area contributed by atoms with E-state index in [2.05, 4.69) is 15.9 Å². The minimum absolute atomic E-state index is 0.0861. The maximum Gasteiger partial charge on any atom is 0.174 e. The van der Waals surface area contributed by atoms with Crippen molar-refractivity contribution < 1.29 is 9.00 Å². The maximum atomic E-state index is 12.0. The molecule has 0 aromatic heterocycles. The topological polar surface area (TPSA) is 34.1 Å². The van der Waals surface area contributed by atoms with Gasteiger partial charge in [0.05, 0.1) is 4.83 Å². The van der Waals surface area contributed by atoms with Crippen molar-refractivity contribution in [1.82, 2.24) is 0 Å². The zero-order valence-electron chi connectivity index (χ0n) is 8.42. The molecular weight excluding hydrogens is 284 g/mol. The van der Waals surface area contributed by atoms with E-state index in [-0.39, 0.29) is 10.6 Å². The molecule has 1 saturated heterocycles. The van der Waals surface area contributed by atoms with E-state index < -0.39 is 14.9 Å². The second kappa shape index (κ2) is 5.12. The molecule has 1 aliphatic rings. The fraction of sp³-hybridized carbons (Fsp3) is 0.889. The van der Waals surface area contributed by atoms with Gasteiger partial charge in [-0.25, -0.2) is 0 Å². The summed E-state index contributed by atoms with van der Waals surface area (Å²) in [5.74, 6) is 1.71. The van der Waals surface area contributed by atoms with Gasteiger partial charge in [0.2, 0.25) is 0 Å². The Labute approximate surface area is 100 Å². The van der Waals surface area contributed by atoms with Crippen molar-refractivity contribution in [3.05, 3.63) is 0 Å². The number of Topliss-reactive ketones (excluding diaryl/α,β-unsaturated/α-hetero) is 1. The summed E-state index contributed by atoms with van der Waals surface area (Å²) >= 11 is 4.86. The van der Waals surface area contributed by atoms with Crippen LogP contribution in [0, 0.1) is 0 Å². The largest absolute Gasteiger partial charge is 0.296 e. The highest BCUT2D eigenvalue weighted by molar-refractivity contribution is 9.10. The fourth-order valence-corrected chi connectivity index (χ4v) is 6.08. The van der Waals surface area contributed by atoms with Crippen molar-refractivity contribution in [2.24, 2.45) is 0 Å². The molecule has 0 aromatic rings. The smallest absolute Gasteiger partial charge is 0.174 e. The summed E-state index contributed by atoms with van der Waals surface area (Å²) in [4.78, 5) is 11.8. The van der Waals surface area contributed by atoms with Crippen molar-refractivity contribution in [2.75, 3.05) is 11.5 Å². The van der Waals surface area contributed by atoms with Gasteiger partial charge in [-0.15, -0.1) is 11.8 Å². The standard InChI is InChI=1S/C9H15BrO2S2/c1-3-9(8(11)7(2)10)13-5-4-6-14(9)12/h7H,3-6H2,1-2H3/t7-,9+,14?/m1/s1. The molecule has 82 valence electrons. The molecule has 1 fully saturated rings. The Kier molecular flexibility index (Phi) is 4.65. The van der Waals surface area contributed by atoms with Gasteiger partial charge in [-0.2, -0.15) is 0 Å². The van der Waals surface area contributed by atoms with Crippen LogP contribution in [0.25, 0.3) is 0 Å². The Hall–Kier alpha value is 0.650. The predicted octanol–water partition coefficient (Wildman–Crippen LogP) is 2.33. The van der Waals surface area contributed by atoms with E-state index in [0.29, 0.717) is 12.2 Å². The van der Waals surface area contributed by atoms with Crippen LogP contribution < -0.4 is 0 Å². The Morgan fingerprint density at radius 3 is 2.79 bits per heavy atom. The molecule has 0 radical (unpaired) electrons. The number of carbonyl (C=O) groups is 1. The summed E-state index contributed by atoms with van der Waals surface area (Å²) in [6.45, 7) is 3.76. The number of hydrogen-bond acceptors (Lipinski definition) is 3. The molecule has 1 heterocycles. The third-order valence-corrected chi connectivity index (χ3v) is 7.04. The lowest BCUT2D eigenvalue weighted by atomic mass is 10.2. The van der Waals surface area contributed by atoms with E-state index in [0.717, 1.165) is 12.2 Å². The van der Waals surface area contributed by atoms with E-state index in [9.17, 15) is 9.00 Å². The average Bonchev–Trinajstić information content (AvgIpc) is 2.18. The molecule has 2 nitrogen and oxygen atoms in total. The second-order valence-electron chi connectivity index (χ2n) is 3.34. The number of hydrogen-bond donors (Lipinski definition) is 0. The van der Waals surface area contributed by atoms with Crippen LogP contribution in [0.2, 0.25) is 0 Å². The highest BCUT2D eigenvalue weighted by atomic mass is 79.9. The van der Waals surface area contributed by atoms with Crippen molar-refractivity contribution in [2.45, 2.75) is 35.6 Å². The molecular formula is C9H15BrO2S2. The van der Waals surface area contributed by atoms with E-state index in [1.807, 2.05) is 13.8 Å². The summed E-state index contributed by atoms with van der Waals surface area (Å²) in [7, 11) is -1.00. The van der Waals surface area contributed by atoms with Crippen LogP contribution in [0.3, 0.4) is 0 Å². The average molecular weight is 299 g/mol. The number of halogens is 1. The molecule has 14 heavy (non-hydrogen) atoms. The van der Waals surface area contributed by atoms with Gasteiger partial charge in [0.15, 0.2) is 5.78 Å². The monoisotopic (exact) mass is 298 g/mol. The second-order valence-corrected chi connectivity index (χ2v) is 8.16. The highest BCUT2D eigenvalue weighted by Crippen LogP contribution is 2.39. The predicted molar refractivity (Wildman–Crippen MR) is 66.5 cm³/mol. The van der Waals surface area contributed by atoms with Gasteiger partial charge < -0.3 is 0 Å². The first-order valence-electron chi connectivity index (χ1n) is 4.75. The van der Waals surface area contributed by atoms with Gasteiger partial charge >= 0.3 is 0 Å². The number of ketones is 1. The fourth-order valence-electron chi connectivity index (χ4n) is 1.58. The first-order valence-corrected chi connectivity index (χ1v) is 7.97. The van der Waals surface area contributed by atoms with Crippen LogP contribution in [-0.2, 0) is 15.6 Å². The zero-order chi connectivity index (χ0) is 10.8. The van der Waals surface area contributed by atoms with Crippen molar-refractivity contribution >= 4 is 44.3 Å². The van der Waals surface area contributed by atoms with Crippen molar-refractivity contribution in [3.8, 4) is 0 Å². The molecule has 0 aromatic carbocycles. The Morgan fingerprint density at radius 1 is 1.71 bits per heavy atom. The van der Waals surface area contributed by atoms with E-state index in [1.54, 1.807) is 11.8 Å². The Balaban J connectivity index is 2.94. The summed E-state index contributed by atoms with van der Waals surface area (Å²) in [6, 6.07) is 0. The SMILES string of the molecule is CC[C@]1(C(=O)[C@@H](C)Br)SCCCS1=O. The van der Waals surface area contributed by atoms with Gasteiger partial charge in [0.25, 0.3) is 0 Å². The molecule has 0 spiro atoms. The van der Waals surface area contributed by atoms with Crippen LogP contribution in [0.15, 0.2) is 0 Å². The summed E-state index contributed by atoms with van der Waals surface area (Å²) in [5.41, 5.74) is 0. The number of rotatable bonds is 3. The van der Waals surface area contributed by atoms with Crippen LogP contribution in [-0.4, -0.2) is 30.4 Å². The lowest BCUT2D eigenvalue weighted by Gasteiger charge is -2.34. The lowest BCUT2D eigenvalue weighted by Crippen LogP contribution is -2.46. The number of alkyl halides is 1. The van der Waals surface area contributed by atoms with Gasteiger partial charge in [0.1, 0.15) is 4.08 Å².